The van der Waals surface area contributed by atoms with E-state index < -0.39 is 26.7 Å². The van der Waals surface area contributed by atoms with Crippen molar-refractivity contribution in [2.24, 2.45) is 0 Å². The number of rotatable bonds is 5. The van der Waals surface area contributed by atoms with E-state index in [-0.39, 0.29) is 17.9 Å². The van der Waals surface area contributed by atoms with Crippen molar-refractivity contribution in [3.05, 3.63) is 41.7 Å². The Kier molecular flexibility index (Phi) is 3.77. The van der Waals surface area contributed by atoms with E-state index >= 15 is 0 Å². The summed E-state index contributed by atoms with van der Waals surface area (Å²) in [6, 6.07) is 2.54. The summed E-state index contributed by atoms with van der Waals surface area (Å²) >= 11 is 0. The molecule has 0 amide bonds. The van der Waals surface area contributed by atoms with Crippen molar-refractivity contribution in [3.63, 3.8) is 0 Å². The highest BCUT2D eigenvalue weighted by Gasteiger charge is 2.20. The van der Waals surface area contributed by atoms with E-state index in [9.17, 15) is 17.6 Å². The number of carboxylic acids is 1. The molecule has 0 spiro atoms. The zero-order valence-electron chi connectivity index (χ0n) is 9.87. The zero-order chi connectivity index (χ0) is 14.8. The molecule has 1 aromatic heterocycles. The quantitative estimate of drug-likeness (QED) is 0.720. The van der Waals surface area contributed by atoms with Gasteiger partial charge in [-0.1, -0.05) is 0 Å². The molecule has 0 aliphatic rings. The summed E-state index contributed by atoms with van der Waals surface area (Å²) in [6.45, 7) is -0.192. The van der Waals surface area contributed by atoms with E-state index in [0.29, 0.717) is 6.07 Å². The lowest BCUT2D eigenvalue weighted by Crippen LogP contribution is -2.25. The number of carboxylic acid groups (broad SMARTS) is 1. The molecule has 0 radical (unpaired) electrons. The van der Waals surface area contributed by atoms with Crippen LogP contribution < -0.4 is 4.72 Å². The summed E-state index contributed by atoms with van der Waals surface area (Å²) in [5.41, 5.74) is -0.336. The molecule has 0 saturated carbocycles. The second-order valence-electron chi connectivity index (χ2n) is 3.71. The first kappa shape index (κ1) is 14.1. The van der Waals surface area contributed by atoms with Gasteiger partial charge in [-0.05, 0) is 18.2 Å². The van der Waals surface area contributed by atoms with E-state index in [1.54, 1.807) is 0 Å². The number of aromatic carboxylic acids is 1. The minimum Gasteiger partial charge on any atom is -0.478 e. The van der Waals surface area contributed by atoms with Gasteiger partial charge in [0.1, 0.15) is 22.9 Å². The maximum absolute atomic E-state index is 13.7. The summed E-state index contributed by atoms with van der Waals surface area (Å²) in [6.07, 6.45) is 1.20. The SMILES string of the molecule is O=C(O)c1ccc(S(=O)(=O)NCc2ncn[nH]2)c(F)c1. The van der Waals surface area contributed by atoms with Crippen LogP contribution in [0.2, 0.25) is 0 Å². The molecule has 2 aromatic rings. The number of H-pyrrole nitrogens is 1. The molecule has 0 unspecified atom stereocenters. The minimum atomic E-state index is -4.12. The van der Waals surface area contributed by atoms with Crippen LogP contribution in [0.4, 0.5) is 4.39 Å². The second kappa shape index (κ2) is 5.35. The highest BCUT2D eigenvalue weighted by Crippen LogP contribution is 2.16. The predicted octanol–water partition coefficient (Wildman–Crippen LogP) is 0.120. The average molecular weight is 300 g/mol. The van der Waals surface area contributed by atoms with Crippen LogP contribution in [0, 0.1) is 5.82 Å². The van der Waals surface area contributed by atoms with Crippen molar-refractivity contribution in [2.75, 3.05) is 0 Å². The minimum absolute atomic E-state index is 0.192. The van der Waals surface area contributed by atoms with Crippen molar-refractivity contribution in [1.29, 1.82) is 0 Å². The number of aromatic nitrogens is 3. The van der Waals surface area contributed by atoms with Gasteiger partial charge in [0.05, 0.1) is 12.1 Å². The number of nitrogens with zero attached hydrogens (tertiary/aromatic N) is 2. The molecule has 20 heavy (non-hydrogen) atoms. The van der Waals surface area contributed by atoms with Crippen molar-refractivity contribution in [1.82, 2.24) is 19.9 Å². The molecular formula is C10H9FN4O4S. The van der Waals surface area contributed by atoms with Crippen LogP contribution in [0.1, 0.15) is 16.2 Å². The Morgan fingerprint density at radius 1 is 1.45 bits per heavy atom. The fraction of sp³-hybridized carbons (Fsp3) is 0.100. The van der Waals surface area contributed by atoms with Gasteiger partial charge in [0.15, 0.2) is 0 Å². The molecule has 0 aliphatic carbocycles. The van der Waals surface area contributed by atoms with E-state index in [1.165, 1.54) is 6.33 Å². The fourth-order valence-electron chi connectivity index (χ4n) is 1.41. The topological polar surface area (TPSA) is 125 Å². The van der Waals surface area contributed by atoms with Crippen LogP contribution in [0.3, 0.4) is 0 Å². The summed E-state index contributed by atoms with van der Waals surface area (Å²) in [5.74, 6) is -2.23. The normalized spacial score (nSPS) is 11.4. The Morgan fingerprint density at radius 2 is 2.20 bits per heavy atom. The third-order valence-electron chi connectivity index (χ3n) is 2.36. The third-order valence-corrected chi connectivity index (χ3v) is 3.80. The lowest BCUT2D eigenvalue weighted by Gasteiger charge is -2.06. The lowest BCUT2D eigenvalue weighted by atomic mass is 10.2. The van der Waals surface area contributed by atoms with Crippen LogP contribution >= 0.6 is 0 Å². The van der Waals surface area contributed by atoms with Gasteiger partial charge < -0.3 is 5.11 Å². The summed E-state index contributed by atoms with van der Waals surface area (Å²) in [4.78, 5) is 13.7. The number of nitrogens with one attached hydrogen (secondary N) is 2. The Hall–Kier alpha value is -2.33. The number of hydrogen-bond donors (Lipinski definition) is 3. The van der Waals surface area contributed by atoms with E-state index in [2.05, 4.69) is 19.9 Å². The molecule has 106 valence electrons. The van der Waals surface area contributed by atoms with Gasteiger partial charge in [0.2, 0.25) is 10.0 Å². The molecule has 1 aromatic carbocycles. The highest BCUT2D eigenvalue weighted by atomic mass is 32.2. The molecule has 0 aliphatic heterocycles. The number of sulfonamides is 1. The van der Waals surface area contributed by atoms with Gasteiger partial charge in [0, 0.05) is 0 Å². The van der Waals surface area contributed by atoms with Crippen LogP contribution in [-0.2, 0) is 16.6 Å². The van der Waals surface area contributed by atoms with Crippen LogP contribution in [0.5, 0.6) is 0 Å². The van der Waals surface area contributed by atoms with E-state index in [0.717, 1.165) is 12.1 Å². The average Bonchev–Trinajstić information content (AvgIpc) is 2.89. The largest absolute Gasteiger partial charge is 0.478 e. The smallest absolute Gasteiger partial charge is 0.335 e. The molecule has 0 fully saturated rings. The molecule has 0 bridgehead atoms. The van der Waals surface area contributed by atoms with Crippen molar-refractivity contribution < 1.29 is 22.7 Å². The molecule has 8 nitrogen and oxygen atoms in total. The Labute approximate surface area is 112 Å². The van der Waals surface area contributed by atoms with Crippen molar-refractivity contribution >= 4 is 16.0 Å². The molecule has 1 heterocycles. The number of aromatic amines is 1. The summed E-state index contributed by atoms with van der Waals surface area (Å²) < 4.78 is 39.5. The maximum atomic E-state index is 13.7. The van der Waals surface area contributed by atoms with E-state index in [4.69, 9.17) is 5.11 Å². The number of carbonyl (C=O) groups is 1. The van der Waals surface area contributed by atoms with Gasteiger partial charge in [-0.15, -0.1) is 0 Å². The van der Waals surface area contributed by atoms with Gasteiger partial charge >= 0.3 is 5.97 Å². The Bertz CT molecular complexity index is 730. The van der Waals surface area contributed by atoms with Crippen LogP contribution in [0.15, 0.2) is 29.4 Å². The predicted molar refractivity (Wildman–Crippen MR) is 63.8 cm³/mol. The second-order valence-corrected chi connectivity index (χ2v) is 5.44. The monoisotopic (exact) mass is 300 g/mol. The molecule has 0 atom stereocenters. The molecule has 2 rings (SSSR count). The van der Waals surface area contributed by atoms with E-state index in [1.807, 2.05) is 0 Å². The first-order valence-corrected chi connectivity index (χ1v) is 6.75. The molecular weight excluding hydrogens is 291 g/mol. The van der Waals surface area contributed by atoms with Gasteiger partial charge in [-0.3, -0.25) is 5.10 Å². The highest BCUT2D eigenvalue weighted by molar-refractivity contribution is 7.89. The van der Waals surface area contributed by atoms with Crippen LogP contribution in [0.25, 0.3) is 0 Å². The first-order valence-electron chi connectivity index (χ1n) is 5.27. The van der Waals surface area contributed by atoms with Crippen molar-refractivity contribution in [2.45, 2.75) is 11.4 Å². The number of benzene rings is 1. The van der Waals surface area contributed by atoms with Crippen molar-refractivity contribution in [3.8, 4) is 0 Å². The third kappa shape index (κ3) is 2.97. The molecule has 0 saturated heterocycles. The number of halogens is 1. The summed E-state index contributed by atoms with van der Waals surface area (Å²) in [7, 11) is -4.12. The zero-order valence-corrected chi connectivity index (χ0v) is 10.7. The molecule has 3 N–H and O–H groups in total. The molecule has 10 heteroatoms. The van der Waals surface area contributed by atoms with Gasteiger partial charge in [0.25, 0.3) is 0 Å². The summed E-state index contributed by atoms with van der Waals surface area (Å²) in [5, 5.41) is 14.7. The van der Waals surface area contributed by atoms with Gasteiger partial charge in [-0.2, -0.15) is 5.10 Å². The number of hydrogen-bond acceptors (Lipinski definition) is 5. The Balaban J connectivity index is 2.23. The Morgan fingerprint density at radius 3 is 2.75 bits per heavy atom. The maximum Gasteiger partial charge on any atom is 0.335 e. The fourth-order valence-corrected chi connectivity index (χ4v) is 2.45. The lowest BCUT2D eigenvalue weighted by molar-refractivity contribution is 0.0696. The standard InChI is InChI=1S/C10H9FN4O4S/c11-7-3-6(10(16)17)1-2-8(7)20(18,19)14-4-9-12-5-13-15-9/h1-3,5,14H,4H2,(H,16,17)(H,12,13,15). The first-order chi connectivity index (χ1) is 9.40. The van der Waals surface area contributed by atoms with Crippen LogP contribution in [-0.4, -0.2) is 34.7 Å². The van der Waals surface area contributed by atoms with Gasteiger partial charge in [-0.25, -0.2) is 27.3 Å².